The summed E-state index contributed by atoms with van der Waals surface area (Å²) in [5, 5.41) is 3.44. The highest BCUT2D eigenvalue weighted by Gasteiger charge is 2.08. The normalized spacial score (nSPS) is 11.3. The van der Waals surface area contributed by atoms with E-state index in [0.717, 1.165) is 29.8 Å². The monoisotopic (exact) mass is 341 g/mol. The third-order valence-electron chi connectivity index (χ3n) is 3.23. The molecule has 1 N–H and O–H groups in total. The first kappa shape index (κ1) is 17.5. The van der Waals surface area contributed by atoms with Gasteiger partial charge in [-0.1, -0.05) is 43.6 Å². The van der Waals surface area contributed by atoms with E-state index in [0.29, 0.717) is 12.0 Å². The van der Waals surface area contributed by atoms with Gasteiger partial charge in [0.2, 0.25) is 0 Å². The minimum Gasteiger partial charge on any atom is -0.493 e. The number of rotatable bonds is 9. The van der Waals surface area contributed by atoms with Crippen molar-refractivity contribution < 1.29 is 4.74 Å². The van der Waals surface area contributed by atoms with E-state index in [1.165, 1.54) is 18.4 Å². The summed E-state index contributed by atoms with van der Waals surface area (Å²) in [6.45, 7) is 10.7. The largest absolute Gasteiger partial charge is 0.493 e. The molecule has 0 saturated heterocycles. The molecule has 0 atom stereocenters. The third-order valence-corrected chi connectivity index (χ3v) is 3.72. The highest BCUT2D eigenvalue weighted by Crippen LogP contribution is 2.29. The first-order valence-corrected chi connectivity index (χ1v) is 8.45. The van der Waals surface area contributed by atoms with Crippen LogP contribution in [0.4, 0.5) is 0 Å². The van der Waals surface area contributed by atoms with Crippen LogP contribution in [0.25, 0.3) is 0 Å². The molecule has 0 bridgehead atoms. The zero-order valence-electron chi connectivity index (χ0n) is 13.2. The lowest BCUT2D eigenvalue weighted by molar-refractivity contribution is 0.300. The van der Waals surface area contributed by atoms with Gasteiger partial charge in [-0.3, -0.25) is 0 Å². The van der Waals surface area contributed by atoms with Crippen molar-refractivity contribution in [2.24, 2.45) is 0 Å². The minimum atomic E-state index is 0.484. The van der Waals surface area contributed by atoms with Crippen molar-refractivity contribution in [2.45, 2.75) is 58.9 Å². The van der Waals surface area contributed by atoms with E-state index >= 15 is 0 Å². The van der Waals surface area contributed by atoms with E-state index < -0.39 is 0 Å². The van der Waals surface area contributed by atoms with Gasteiger partial charge < -0.3 is 10.1 Å². The van der Waals surface area contributed by atoms with Crippen LogP contribution in [0, 0.1) is 0 Å². The van der Waals surface area contributed by atoms with Crippen LogP contribution in [-0.4, -0.2) is 19.2 Å². The Bertz CT molecular complexity index is 391. The van der Waals surface area contributed by atoms with Crippen LogP contribution in [0.1, 0.15) is 58.4 Å². The fourth-order valence-corrected chi connectivity index (χ4v) is 2.46. The van der Waals surface area contributed by atoms with Crippen molar-refractivity contribution in [1.82, 2.24) is 5.32 Å². The predicted molar refractivity (Wildman–Crippen MR) is 90.7 cm³/mol. The Morgan fingerprint density at radius 3 is 2.50 bits per heavy atom. The Hall–Kier alpha value is -0.540. The molecular formula is C17H28BrNO. The summed E-state index contributed by atoms with van der Waals surface area (Å²) in [5.41, 5.74) is 1.28. The number of ether oxygens (including phenoxy) is 1. The van der Waals surface area contributed by atoms with Crippen LogP contribution in [0.15, 0.2) is 22.7 Å². The molecule has 0 radical (unpaired) electrons. The van der Waals surface area contributed by atoms with Gasteiger partial charge in [-0.25, -0.2) is 0 Å². The SMILES string of the molecule is CC(C)NCCCCCOc1ccc(Br)cc1C(C)C. The summed E-state index contributed by atoms with van der Waals surface area (Å²) >= 11 is 3.52. The average Bonchev–Trinajstić information content (AvgIpc) is 2.38. The maximum Gasteiger partial charge on any atom is 0.122 e. The second-order valence-corrected chi connectivity index (χ2v) is 6.77. The second-order valence-electron chi connectivity index (χ2n) is 5.85. The highest BCUT2D eigenvalue weighted by molar-refractivity contribution is 9.10. The van der Waals surface area contributed by atoms with Gasteiger partial charge in [0.1, 0.15) is 5.75 Å². The quantitative estimate of drug-likeness (QED) is 0.629. The van der Waals surface area contributed by atoms with E-state index in [1.807, 2.05) is 6.07 Å². The molecule has 2 nitrogen and oxygen atoms in total. The molecule has 0 aromatic heterocycles. The number of nitrogens with one attached hydrogen (secondary N) is 1. The maximum atomic E-state index is 5.94. The Labute approximate surface area is 132 Å². The van der Waals surface area contributed by atoms with Gasteiger partial charge in [-0.05, 0) is 55.5 Å². The van der Waals surface area contributed by atoms with E-state index in [-0.39, 0.29) is 0 Å². The molecule has 0 aliphatic heterocycles. The first-order chi connectivity index (χ1) is 9.50. The molecule has 1 rings (SSSR count). The Morgan fingerprint density at radius 1 is 1.10 bits per heavy atom. The topological polar surface area (TPSA) is 21.3 Å². The lowest BCUT2D eigenvalue weighted by atomic mass is 10.0. The lowest BCUT2D eigenvalue weighted by Gasteiger charge is -2.14. The molecular weight excluding hydrogens is 314 g/mol. The zero-order chi connectivity index (χ0) is 15.0. The predicted octanol–water partition coefficient (Wildman–Crippen LogP) is 5.12. The van der Waals surface area contributed by atoms with Gasteiger partial charge in [-0.2, -0.15) is 0 Å². The molecule has 1 aromatic carbocycles. The standard InChI is InChI=1S/C17H28BrNO/c1-13(2)16-12-15(18)8-9-17(16)20-11-7-5-6-10-19-14(3)4/h8-9,12-14,19H,5-7,10-11H2,1-4H3. The lowest BCUT2D eigenvalue weighted by Crippen LogP contribution is -2.23. The number of unbranched alkanes of at least 4 members (excludes halogenated alkanes) is 2. The number of benzene rings is 1. The fraction of sp³-hybridized carbons (Fsp3) is 0.647. The summed E-state index contributed by atoms with van der Waals surface area (Å²) in [6, 6.07) is 6.86. The van der Waals surface area contributed by atoms with Crippen LogP contribution in [0.2, 0.25) is 0 Å². The van der Waals surface area contributed by atoms with Gasteiger partial charge in [0, 0.05) is 10.5 Å². The van der Waals surface area contributed by atoms with Crippen molar-refractivity contribution in [3.05, 3.63) is 28.2 Å². The summed E-state index contributed by atoms with van der Waals surface area (Å²) in [4.78, 5) is 0. The second kappa shape index (κ2) is 9.41. The van der Waals surface area contributed by atoms with Crippen LogP contribution >= 0.6 is 15.9 Å². The molecule has 0 saturated carbocycles. The molecule has 0 aliphatic carbocycles. The van der Waals surface area contributed by atoms with E-state index in [4.69, 9.17) is 4.74 Å². The van der Waals surface area contributed by atoms with Gasteiger partial charge in [0.25, 0.3) is 0 Å². The third kappa shape index (κ3) is 6.76. The van der Waals surface area contributed by atoms with E-state index in [9.17, 15) is 0 Å². The molecule has 3 heteroatoms. The molecule has 0 aliphatic rings. The summed E-state index contributed by atoms with van der Waals surface area (Å²) < 4.78 is 7.06. The summed E-state index contributed by atoms with van der Waals surface area (Å²) in [6.07, 6.45) is 3.56. The van der Waals surface area contributed by atoms with Crippen LogP contribution in [0.5, 0.6) is 5.75 Å². The molecule has 1 aromatic rings. The van der Waals surface area contributed by atoms with Crippen molar-refractivity contribution in [1.29, 1.82) is 0 Å². The highest BCUT2D eigenvalue weighted by atomic mass is 79.9. The molecule has 114 valence electrons. The maximum absolute atomic E-state index is 5.94. The van der Waals surface area contributed by atoms with Gasteiger partial charge >= 0.3 is 0 Å². The molecule has 0 heterocycles. The van der Waals surface area contributed by atoms with Gasteiger partial charge in [0.15, 0.2) is 0 Å². The molecule has 0 spiro atoms. The molecule has 0 fully saturated rings. The van der Waals surface area contributed by atoms with Gasteiger partial charge in [-0.15, -0.1) is 0 Å². The summed E-state index contributed by atoms with van der Waals surface area (Å²) in [7, 11) is 0. The Balaban J connectivity index is 2.28. The van der Waals surface area contributed by atoms with Crippen molar-refractivity contribution in [3.8, 4) is 5.75 Å². The Kier molecular flexibility index (Phi) is 8.24. The number of hydrogen-bond donors (Lipinski definition) is 1. The van der Waals surface area contributed by atoms with Crippen molar-refractivity contribution in [3.63, 3.8) is 0 Å². The Morgan fingerprint density at radius 2 is 1.85 bits per heavy atom. The number of halogens is 1. The number of hydrogen-bond acceptors (Lipinski definition) is 2. The fourth-order valence-electron chi connectivity index (χ4n) is 2.08. The molecule has 0 amide bonds. The first-order valence-electron chi connectivity index (χ1n) is 7.66. The van der Waals surface area contributed by atoms with Crippen LogP contribution in [-0.2, 0) is 0 Å². The van der Waals surface area contributed by atoms with Crippen molar-refractivity contribution in [2.75, 3.05) is 13.2 Å². The minimum absolute atomic E-state index is 0.484. The van der Waals surface area contributed by atoms with Crippen LogP contribution in [0.3, 0.4) is 0 Å². The van der Waals surface area contributed by atoms with Gasteiger partial charge in [0.05, 0.1) is 6.61 Å². The van der Waals surface area contributed by atoms with E-state index in [2.05, 4.69) is 61.1 Å². The average molecular weight is 342 g/mol. The molecule has 20 heavy (non-hydrogen) atoms. The van der Waals surface area contributed by atoms with E-state index in [1.54, 1.807) is 0 Å². The molecule has 0 unspecified atom stereocenters. The van der Waals surface area contributed by atoms with Crippen molar-refractivity contribution >= 4 is 15.9 Å². The summed E-state index contributed by atoms with van der Waals surface area (Å²) in [5.74, 6) is 1.52. The van der Waals surface area contributed by atoms with Crippen LogP contribution < -0.4 is 10.1 Å². The smallest absolute Gasteiger partial charge is 0.122 e. The zero-order valence-corrected chi connectivity index (χ0v) is 14.8.